The van der Waals surface area contributed by atoms with E-state index in [2.05, 4.69) is 20.6 Å². The van der Waals surface area contributed by atoms with Gasteiger partial charge in [0.15, 0.2) is 0 Å². The molecule has 0 fully saturated rings. The SMILES string of the molecule is Cc1cc(C)n(-c2cccc(C(=O)Nc3nncs3)c2)n1. The van der Waals surface area contributed by atoms with Crippen LogP contribution in [-0.2, 0) is 0 Å². The number of carbonyl (C=O) groups excluding carboxylic acids is 1. The molecule has 1 aromatic carbocycles. The molecule has 0 saturated heterocycles. The van der Waals surface area contributed by atoms with Crippen molar-refractivity contribution in [3.8, 4) is 5.69 Å². The molecule has 0 unspecified atom stereocenters. The molecule has 1 amide bonds. The van der Waals surface area contributed by atoms with E-state index >= 15 is 0 Å². The average Bonchev–Trinajstić information content (AvgIpc) is 3.08. The van der Waals surface area contributed by atoms with Crippen molar-refractivity contribution in [3.05, 3.63) is 52.8 Å². The Morgan fingerprint density at radius 1 is 1.29 bits per heavy atom. The quantitative estimate of drug-likeness (QED) is 0.807. The summed E-state index contributed by atoms with van der Waals surface area (Å²) in [5, 5.41) is 15.1. The van der Waals surface area contributed by atoms with E-state index in [1.165, 1.54) is 11.3 Å². The Hall–Kier alpha value is -2.54. The molecule has 0 aliphatic heterocycles. The Morgan fingerprint density at radius 3 is 2.81 bits per heavy atom. The highest BCUT2D eigenvalue weighted by atomic mass is 32.1. The van der Waals surface area contributed by atoms with Gasteiger partial charge >= 0.3 is 0 Å². The van der Waals surface area contributed by atoms with Gasteiger partial charge in [0, 0.05) is 11.3 Å². The largest absolute Gasteiger partial charge is 0.296 e. The smallest absolute Gasteiger partial charge is 0.257 e. The summed E-state index contributed by atoms with van der Waals surface area (Å²) in [6.07, 6.45) is 0. The number of anilines is 1. The van der Waals surface area contributed by atoms with E-state index in [4.69, 9.17) is 0 Å². The van der Waals surface area contributed by atoms with Crippen LogP contribution in [-0.4, -0.2) is 25.9 Å². The number of carbonyl (C=O) groups is 1. The zero-order valence-electron chi connectivity index (χ0n) is 11.6. The minimum Gasteiger partial charge on any atom is -0.296 e. The Morgan fingerprint density at radius 2 is 2.14 bits per heavy atom. The molecule has 7 heteroatoms. The summed E-state index contributed by atoms with van der Waals surface area (Å²) in [5.74, 6) is -0.213. The van der Waals surface area contributed by atoms with Crippen molar-refractivity contribution < 1.29 is 4.79 Å². The van der Waals surface area contributed by atoms with Gasteiger partial charge in [-0.3, -0.25) is 10.1 Å². The van der Waals surface area contributed by atoms with Gasteiger partial charge < -0.3 is 0 Å². The molecule has 3 rings (SSSR count). The van der Waals surface area contributed by atoms with Crippen LogP contribution < -0.4 is 5.32 Å². The standard InChI is InChI=1S/C14H13N5OS/c1-9-6-10(2)19(18-9)12-5-3-4-11(7-12)13(20)16-14-17-15-8-21-14/h3-8H,1-2H3,(H,16,17,20). The summed E-state index contributed by atoms with van der Waals surface area (Å²) in [7, 11) is 0. The minimum absolute atomic E-state index is 0.213. The van der Waals surface area contributed by atoms with Crippen LogP contribution >= 0.6 is 11.3 Å². The van der Waals surface area contributed by atoms with E-state index in [9.17, 15) is 4.79 Å². The van der Waals surface area contributed by atoms with Crippen LogP contribution in [0.15, 0.2) is 35.8 Å². The molecule has 0 atom stereocenters. The molecule has 3 aromatic rings. The van der Waals surface area contributed by atoms with Gasteiger partial charge in [-0.2, -0.15) is 5.10 Å². The number of nitrogens with zero attached hydrogens (tertiary/aromatic N) is 4. The number of amides is 1. The normalized spacial score (nSPS) is 10.6. The molecule has 21 heavy (non-hydrogen) atoms. The Bertz CT molecular complexity index is 779. The van der Waals surface area contributed by atoms with Crippen LogP contribution in [0.5, 0.6) is 0 Å². The fourth-order valence-electron chi connectivity index (χ4n) is 2.07. The zero-order valence-corrected chi connectivity index (χ0v) is 12.4. The maximum Gasteiger partial charge on any atom is 0.257 e. The second-order valence-corrected chi connectivity index (χ2v) is 5.42. The second kappa shape index (κ2) is 5.45. The second-order valence-electron chi connectivity index (χ2n) is 4.59. The molecule has 0 bridgehead atoms. The first-order valence-corrected chi connectivity index (χ1v) is 7.22. The van der Waals surface area contributed by atoms with Crippen molar-refractivity contribution in [2.45, 2.75) is 13.8 Å². The molecule has 0 radical (unpaired) electrons. The van der Waals surface area contributed by atoms with Crippen molar-refractivity contribution in [1.82, 2.24) is 20.0 Å². The molecule has 106 valence electrons. The van der Waals surface area contributed by atoms with Gasteiger partial charge in [0.25, 0.3) is 5.91 Å². The maximum absolute atomic E-state index is 12.2. The van der Waals surface area contributed by atoms with Gasteiger partial charge in [-0.1, -0.05) is 17.4 Å². The van der Waals surface area contributed by atoms with Crippen LogP contribution in [0.25, 0.3) is 5.69 Å². The lowest BCUT2D eigenvalue weighted by molar-refractivity contribution is 0.102. The lowest BCUT2D eigenvalue weighted by Gasteiger charge is -2.07. The Labute approximate surface area is 125 Å². The van der Waals surface area contributed by atoms with E-state index < -0.39 is 0 Å². The van der Waals surface area contributed by atoms with Crippen molar-refractivity contribution in [1.29, 1.82) is 0 Å². The number of nitrogens with one attached hydrogen (secondary N) is 1. The first-order chi connectivity index (χ1) is 10.1. The van der Waals surface area contributed by atoms with E-state index in [0.29, 0.717) is 10.7 Å². The van der Waals surface area contributed by atoms with Gasteiger partial charge in [-0.15, -0.1) is 10.2 Å². The van der Waals surface area contributed by atoms with Gasteiger partial charge in [-0.25, -0.2) is 4.68 Å². The molecule has 0 aliphatic rings. The molecular formula is C14H13N5OS. The topological polar surface area (TPSA) is 72.7 Å². The first-order valence-electron chi connectivity index (χ1n) is 6.35. The van der Waals surface area contributed by atoms with Crippen molar-refractivity contribution in [2.24, 2.45) is 0 Å². The fraction of sp³-hybridized carbons (Fsp3) is 0.143. The Kier molecular flexibility index (Phi) is 3.49. The highest BCUT2D eigenvalue weighted by Gasteiger charge is 2.10. The van der Waals surface area contributed by atoms with E-state index in [1.54, 1.807) is 17.6 Å². The van der Waals surface area contributed by atoms with Gasteiger partial charge in [-0.05, 0) is 38.1 Å². The molecule has 0 spiro atoms. The number of benzene rings is 1. The van der Waals surface area contributed by atoms with Crippen LogP contribution in [0, 0.1) is 13.8 Å². The highest BCUT2D eigenvalue weighted by Crippen LogP contribution is 2.15. The lowest BCUT2D eigenvalue weighted by atomic mass is 10.2. The molecule has 0 saturated carbocycles. The Balaban J connectivity index is 1.89. The van der Waals surface area contributed by atoms with Crippen LogP contribution in [0.2, 0.25) is 0 Å². The van der Waals surface area contributed by atoms with Crippen molar-refractivity contribution in [2.75, 3.05) is 5.32 Å². The average molecular weight is 299 g/mol. The number of hydrogen-bond donors (Lipinski definition) is 1. The molecule has 6 nitrogen and oxygen atoms in total. The first kappa shape index (κ1) is 13.4. The third-order valence-electron chi connectivity index (χ3n) is 2.94. The summed E-state index contributed by atoms with van der Waals surface area (Å²) in [6.45, 7) is 3.92. The summed E-state index contributed by atoms with van der Waals surface area (Å²) < 4.78 is 1.82. The number of hydrogen-bond acceptors (Lipinski definition) is 5. The zero-order chi connectivity index (χ0) is 14.8. The van der Waals surface area contributed by atoms with E-state index in [1.807, 2.05) is 36.7 Å². The number of aryl methyl sites for hydroxylation is 2. The molecular weight excluding hydrogens is 286 g/mol. The van der Waals surface area contributed by atoms with Gasteiger partial charge in [0.2, 0.25) is 5.13 Å². The third-order valence-corrected chi connectivity index (χ3v) is 3.55. The van der Waals surface area contributed by atoms with Crippen molar-refractivity contribution in [3.63, 3.8) is 0 Å². The monoisotopic (exact) mass is 299 g/mol. The van der Waals surface area contributed by atoms with Crippen LogP contribution in [0.3, 0.4) is 0 Å². The van der Waals surface area contributed by atoms with E-state index in [0.717, 1.165) is 17.1 Å². The molecule has 0 aliphatic carbocycles. The van der Waals surface area contributed by atoms with Gasteiger partial charge in [0.1, 0.15) is 5.51 Å². The highest BCUT2D eigenvalue weighted by molar-refractivity contribution is 7.13. The lowest BCUT2D eigenvalue weighted by Crippen LogP contribution is -2.12. The predicted molar refractivity (Wildman–Crippen MR) is 80.9 cm³/mol. The van der Waals surface area contributed by atoms with E-state index in [-0.39, 0.29) is 5.91 Å². The predicted octanol–water partition coefficient (Wildman–Crippen LogP) is 2.59. The minimum atomic E-state index is -0.213. The van der Waals surface area contributed by atoms with Gasteiger partial charge in [0.05, 0.1) is 11.4 Å². The van der Waals surface area contributed by atoms with Crippen LogP contribution in [0.1, 0.15) is 21.7 Å². The third kappa shape index (κ3) is 2.82. The fourth-order valence-corrected chi connectivity index (χ4v) is 2.51. The molecule has 2 heterocycles. The van der Waals surface area contributed by atoms with Crippen LogP contribution in [0.4, 0.5) is 5.13 Å². The summed E-state index contributed by atoms with van der Waals surface area (Å²) >= 11 is 1.28. The van der Waals surface area contributed by atoms with Crippen molar-refractivity contribution >= 4 is 22.4 Å². The summed E-state index contributed by atoms with van der Waals surface area (Å²) in [4.78, 5) is 12.2. The number of aromatic nitrogens is 4. The number of rotatable bonds is 3. The maximum atomic E-state index is 12.2. The molecule has 1 N–H and O–H groups in total. The summed E-state index contributed by atoms with van der Waals surface area (Å²) in [6, 6.07) is 9.30. The summed E-state index contributed by atoms with van der Waals surface area (Å²) in [5.41, 5.74) is 4.94. The molecule has 2 aromatic heterocycles.